The van der Waals surface area contributed by atoms with Gasteiger partial charge in [-0.05, 0) is 44.4 Å². The van der Waals surface area contributed by atoms with Gasteiger partial charge in [-0.1, -0.05) is 30.3 Å². The molecule has 0 amide bonds. The molecule has 2 fully saturated rings. The number of rotatable bonds is 5. The highest BCUT2D eigenvalue weighted by Crippen LogP contribution is 2.40. The second-order valence-electron chi connectivity index (χ2n) is 6.34. The molecule has 3 rings (SSSR count). The van der Waals surface area contributed by atoms with E-state index in [1.54, 1.807) is 0 Å². The van der Waals surface area contributed by atoms with Crippen LogP contribution in [0.2, 0.25) is 0 Å². The van der Waals surface area contributed by atoms with Crippen molar-refractivity contribution in [2.75, 3.05) is 12.8 Å². The molecule has 3 nitrogen and oxygen atoms in total. The third-order valence-electron chi connectivity index (χ3n) is 4.72. The molecule has 128 valence electrons. The van der Waals surface area contributed by atoms with Crippen molar-refractivity contribution in [1.82, 2.24) is 10.6 Å². The minimum Gasteiger partial charge on any atom is -0.354 e. The van der Waals surface area contributed by atoms with E-state index >= 15 is 0 Å². The van der Waals surface area contributed by atoms with E-state index in [9.17, 15) is 0 Å². The van der Waals surface area contributed by atoms with Gasteiger partial charge in [0, 0.05) is 29.8 Å². The van der Waals surface area contributed by atoms with Gasteiger partial charge in [0.2, 0.25) is 0 Å². The first-order valence-corrected chi connectivity index (χ1v) is 9.74. The summed E-state index contributed by atoms with van der Waals surface area (Å²) in [5.74, 6) is 1.66. The molecule has 0 aromatic heterocycles. The number of guanidine groups is 1. The molecule has 0 bridgehead atoms. The van der Waals surface area contributed by atoms with Crippen LogP contribution in [0.3, 0.4) is 0 Å². The Balaban J connectivity index is 0.00000192. The molecule has 0 heterocycles. The van der Waals surface area contributed by atoms with Crippen molar-refractivity contribution in [2.24, 2.45) is 4.99 Å². The number of nitrogens with zero attached hydrogens (tertiary/aromatic N) is 1. The Bertz CT molecular complexity index is 508. The van der Waals surface area contributed by atoms with Crippen LogP contribution >= 0.6 is 35.7 Å². The first-order chi connectivity index (χ1) is 10.8. The first kappa shape index (κ1) is 18.9. The molecular formula is C18H28IN3S. The molecular weight excluding hydrogens is 417 g/mol. The maximum Gasteiger partial charge on any atom is 0.191 e. The third-order valence-corrected chi connectivity index (χ3v) is 5.81. The smallest absolute Gasteiger partial charge is 0.191 e. The van der Waals surface area contributed by atoms with Crippen molar-refractivity contribution in [2.45, 2.75) is 55.9 Å². The molecule has 1 aromatic rings. The Kier molecular flexibility index (Phi) is 7.53. The van der Waals surface area contributed by atoms with E-state index < -0.39 is 0 Å². The number of benzene rings is 1. The second-order valence-corrected chi connectivity index (χ2v) is 7.48. The summed E-state index contributed by atoms with van der Waals surface area (Å²) in [6.07, 6.45) is 7.29. The van der Waals surface area contributed by atoms with Crippen molar-refractivity contribution in [3.63, 3.8) is 0 Å². The zero-order chi connectivity index (χ0) is 15.4. The summed E-state index contributed by atoms with van der Waals surface area (Å²) in [5.41, 5.74) is 1.44. The van der Waals surface area contributed by atoms with Crippen LogP contribution < -0.4 is 10.6 Å². The monoisotopic (exact) mass is 445 g/mol. The van der Waals surface area contributed by atoms with E-state index in [2.05, 4.69) is 59.1 Å². The summed E-state index contributed by atoms with van der Waals surface area (Å²) in [6, 6.07) is 11.9. The topological polar surface area (TPSA) is 36.4 Å². The molecule has 2 N–H and O–H groups in total. The molecule has 0 aliphatic heterocycles. The molecule has 23 heavy (non-hydrogen) atoms. The van der Waals surface area contributed by atoms with Gasteiger partial charge >= 0.3 is 0 Å². The maximum absolute atomic E-state index is 4.63. The molecule has 2 saturated carbocycles. The van der Waals surface area contributed by atoms with Crippen molar-refractivity contribution < 1.29 is 0 Å². The van der Waals surface area contributed by atoms with Gasteiger partial charge in [0.05, 0.1) is 0 Å². The summed E-state index contributed by atoms with van der Waals surface area (Å²) >= 11 is 2.00. The number of thioether (sulfide) groups is 1. The van der Waals surface area contributed by atoms with Gasteiger partial charge in [-0.15, -0.1) is 24.0 Å². The van der Waals surface area contributed by atoms with E-state index in [1.165, 1.54) is 31.2 Å². The van der Waals surface area contributed by atoms with Gasteiger partial charge in [-0.2, -0.15) is 11.8 Å². The predicted molar refractivity (Wildman–Crippen MR) is 112 cm³/mol. The van der Waals surface area contributed by atoms with Gasteiger partial charge in [0.15, 0.2) is 5.96 Å². The quantitative estimate of drug-likeness (QED) is 0.409. The van der Waals surface area contributed by atoms with Gasteiger partial charge in [-0.25, -0.2) is 0 Å². The fourth-order valence-electron chi connectivity index (χ4n) is 3.37. The zero-order valence-electron chi connectivity index (χ0n) is 14.0. The van der Waals surface area contributed by atoms with Crippen LogP contribution in [0.15, 0.2) is 35.3 Å². The molecule has 2 aliphatic carbocycles. The lowest BCUT2D eigenvalue weighted by Gasteiger charge is -2.18. The minimum atomic E-state index is 0. The fraction of sp³-hybridized carbons (Fsp3) is 0.611. The van der Waals surface area contributed by atoms with Crippen molar-refractivity contribution >= 4 is 41.7 Å². The highest BCUT2D eigenvalue weighted by molar-refractivity contribution is 14.0. The zero-order valence-corrected chi connectivity index (χ0v) is 17.1. The summed E-state index contributed by atoms with van der Waals surface area (Å²) in [6.45, 7) is 2.93. The van der Waals surface area contributed by atoms with E-state index in [0.29, 0.717) is 18.0 Å². The summed E-state index contributed by atoms with van der Waals surface area (Å²) < 4.78 is 0. The van der Waals surface area contributed by atoms with Crippen LogP contribution in [-0.4, -0.2) is 36.1 Å². The average Bonchev–Trinajstić information content (AvgIpc) is 3.16. The Morgan fingerprint density at radius 3 is 2.61 bits per heavy atom. The van der Waals surface area contributed by atoms with Gasteiger partial charge in [0.25, 0.3) is 0 Å². The molecule has 0 saturated heterocycles. The molecule has 1 aromatic carbocycles. The largest absolute Gasteiger partial charge is 0.354 e. The van der Waals surface area contributed by atoms with Gasteiger partial charge in [0.1, 0.15) is 0 Å². The van der Waals surface area contributed by atoms with Crippen molar-refractivity contribution in [1.29, 1.82) is 0 Å². The number of halogens is 1. The summed E-state index contributed by atoms with van der Waals surface area (Å²) in [5, 5.41) is 8.10. The van der Waals surface area contributed by atoms with Crippen molar-refractivity contribution in [3.8, 4) is 0 Å². The predicted octanol–water partition coefficient (Wildman–Crippen LogP) is 4.00. The number of nitrogens with one attached hydrogen (secondary N) is 2. The van der Waals surface area contributed by atoms with E-state index in [1.807, 2.05) is 11.8 Å². The first-order valence-electron chi connectivity index (χ1n) is 8.45. The highest BCUT2D eigenvalue weighted by Gasteiger charge is 2.39. The Labute approximate surface area is 161 Å². The lowest BCUT2D eigenvalue weighted by Crippen LogP contribution is -2.44. The van der Waals surface area contributed by atoms with E-state index in [0.717, 1.165) is 17.8 Å². The van der Waals surface area contributed by atoms with Gasteiger partial charge < -0.3 is 10.6 Å². The number of hydrogen-bond acceptors (Lipinski definition) is 2. The second kappa shape index (κ2) is 9.16. The van der Waals surface area contributed by atoms with Crippen LogP contribution in [0.25, 0.3) is 0 Å². The summed E-state index contributed by atoms with van der Waals surface area (Å²) in [7, 11) is 0. The number of hydrogen-bond donors (Lipinski definition) is 2. The lowest BCUT2D eigenvalue weighted by molar-refractivity contribution is 0.612. The normalized spacial score (nSPS) is 29.7. The minimum absolute atomic E-state index is 0. The van der Waals surface area contributed by atoms with Gasteiger partial charge in [-0.3, -0.25) is 4.99 Å². The van der Waals surface area contributed by atoms with Crippen molar-refractivity contribution in [3.05, 3.63) is 35.9 Å². The van der Waals surface area contributed by atoms with Crippen LogP contribution in [0, 0.1) is 0 Å². The highest BCUT2D eigenvalue weighted by atomic mass is 127. The van der Waals surface area contributed by atoms with Crippen LogP contribution in [0.4, 0.5) is 0 Å². The fourth-order valence-corrected chi connectivity index (χ4v) is 4.17. The summed E-state index contributed by atoms with van der Waals surface area (Å²) in [4.78, 5) is 4.63. The van der Waals surface area contributed by atoms with Crippen LogP contribution in [-0.2, 0) is 0 Å². The van der Waals surface area contributed by atoms with E-state index in [4.69, 9.17) is 0 Å². The SMILES string of the molecule is CCN=C(NC1CCC(SC)C1)NC1CC1c1ccccc1.I. The maximum atomic E-state index is 4.63. The Morgan fingerprint density at radius 1 is 1.17 bits per heavy atom. The standard InChI is InChI=1S/C18H27N3S.HI/c1-3-19-18(20-14-9-10-15(11-14)22-2)21-17-12-16(17)13-7-5-4-6-8-13;/h4-8,14-17H,3,9-12H2,1-2H3,(H2,19,20,21);1H. The van der Waals surface area contributed by atoms with E-state index in [-0.39, 0.29) is 24.0 Å². The Hall–Kier alpha value is -0.430. The average molecular weight is 445 g/mol. The Morgan fingerprint density at radius 2 is 1.96 bits per heavy atom. The van der Waals surface area contributed by atoms with Crippen LogP contribution in [0.5, 0.6) is 0 Å². The third kappa shape index (κ3) is 5.28. The molecule has 5 heteroatoms. The van der Waals surface area contributed by atoms with Crippen LogP contribution in [0.1, 0.15) is 44.1 Å². The lowest BCUT2D eigenvalue weighted by atomic mass is 10.1. The molecule has 0 radical (unpaired) electrons. The molecule has 4 atom stereocenters. The molecule has 2 aliphatic rings. The number of aliphatic imine (C=N–C) groups is 1. The molecule has 0 spiro atoms. The molecule has 4 unspecified atom stereocenters.